The SMILES string of the molecule is O=S1(=O)c2cc(C(F)(F)F)ccc2N(C2CCCNC[C@@H]2O)c2ncc(C(F)(F)F)cc21. The smallest absolute Gasteiger partial charge is 0.390 e. The van der Waals surface area contributed by atoms with Crippen LogP contribution in [-0.2, 0) is 22.2 Å². The maximum absolute atomic E-state index is 13.3. The van der Waals surface area contributed by atoms with Crippen molar-refractivity contribution in [2.45, 2.75) is 47.1 Å². The minimum atomic E-state index is -4.91. The molecule has 0 aliphatic carbocycles. The van der Waals surface area contributed by atoms with E-state index in [4.69, 9.17) is 0 Å². The number of pyridine rings is 1. The summed E-state index contributed by atoms with van der Waals surface area (Å²) in [5.41, 5.74) is -2.78. The first-order valence-electron chi connectivity index (χ1n) is 9.53. The Hall–Kier alpha value is -2.38. The van der Waals surface area contributed by atoms with Crippen molar-refractivity contribution in [3.05, 3.63) is 41.6 Å². The largest absolute Gasteiger partial charge is 0.417 e. The second-order valence-corrected chi connectivity index (χ2v) is 9.46. The molecule has 32 heavy (non-hydrogen) atoms. The Morgan fingerprint density at radius 2 is 1.69 bits per heavy atom. The number of hydrogen-bond acceptors (Lipinski definition) is 6. The number of benzene rings is 1. The molecule has 2 aliphatic rings. The van der Waals surface area contributed by atoms with Gasteiger partial charge in [0.05, 0.1) is 33.9 Å². The zero-order valence-corrected chi connectivity index (χ0v) is 17.0. The molecule has 13 heteroatoms. The van der Waals surface area contributed by atoms with Gasteiger partial charge in [-0.3, -0.25) is 0 Å². The lowest BCUT2D eigenvalue weighted by Crippen LogP contribution is -2.46. The number of aliphatic hydroxyl groups excluding tert-OH is 1. The summed E-state index contributed by atoms with van der Waals surface area (Å²) in [6.07, 6.45) is -9.55. The number of nitrogens with one attached hydrogen (secondary N) is 1. The molecule has 1 saturated heterocycles. The number of anilines is 2. The van der Waals surface area contributed by atoms with Crippen LogP contribution in [0.25, 0.3) is 0 Å². The number of halogens is 6. The monoisotopic (exact) mass is 481 g/mol. The van der Waals surface area contributed by atoms with Crippen molar-refractivity contribution in [3.63, 3.8) is 0 Å². The van der Waals surface area contributed by atoms with Gasteiger partial charge in [0, 0.05) is 12.7 Å². The van der Waals surface area contributed by atoms with Gasteiger partial charge < -0.3 is 15.3 Å². The summed E-state index contributed by atoms with van der Waals surface area (Å²) in [5, 5.41) is 13.6. The average Bonchev–Trinajstić information content (AvgIpc) is 2.91. The Bertz CT molecular complexity index is 1080. The number of sulfone groups is 1. The summed E-state index contributed by atoms with van der Waals surface area (Å²) in [5.74, 6) is -0.365. The molecule has 1 aromatic carbocycles. The number of aliphatic hydroxyl groups is 1. The van der Waals surface area contributed by atoms with Gasteiger partial charge in [-0.15, -0.1) is 0 Å². The summed E-state index contributed by atoms with van der Waals surface area (Å²) in [4.78, 5) is 3.34. The molecule has 0 amide bonds. The predicted octanol–water partition coefficient (Wildman–Crippen LogP) is 3.52. The molecule has 1 fully saturated rings. The zero-order valence-electron chi connectivity index (χ0n) is 16.2. The lowest BCUT2D eigenvalue weighted by atomic mass is 10.0. The molecule has 2 aromatic rings. The van der Waals surface area contributed by atoms with Gasteiger partial charge in [-0.1, -0.05) is 0 Å². The van der Waals surface area contributed by atoms with Gasteiger partial charge in [0.25, 0.3) is 0 Å². The highest BCUT2D eigenvalue weighted by Gasteiger charge is 2.44. The second kappa shape index (κ2) is 7.59. The molecule has 174 valence electrons. The minimum absolute atomic E-state index is 0.111. The zero-order chi connectivity index (χ0) is 23.5. The molecule has 2 aliphatic heterocycles. The summed E-state index contributed by atoms with van der Waals surface area (Å²) in [6.45, 7) is 0.646. The Kier molecular flexibility index (Phi) is 5.41. The van der Waals surface area contributed by atoms with Gasteiger partial charge in [0.2, 0.25) is 9.84 Å². The number of aromatic nitrogens is 1. The summed E-state index contributed by atoms with van der Waals surface area (Å²) in [6, 6.07) is 1.59. The normalized spacial score (nSPS) is 23.3. The third-order valence-corrected chi connectivity index (χ3v) is 7.28. The van der Waals surface area contributed by atoms with E-state index in [0.717, 1.165) is 6.07 Å². The van der Waals surface area contributed by atoms with Crippen LogP contribution in [0, 0.1) is 0 Å². The molecule has 1 aromatic heterocycles. The molecule has 0 spiro atoms. The third kappa shape index (κ3) is 3.82. The minimum Gasteiger partial charge on any atom is -0.390 e. The summed E-state index contributed by atoms with van der Waals surface area (Å²) < 4.78 is 106. The second-order valence-electron chi connectivity index (χ2n) is 7.58. The highest BCUT2D eigenvalue weighted by molar-refractivity contribution is 7.92. The van der Waals surface area contributed by atoms with Crippen LogP contribution in [0.5, 0.6) is 0 Å². The maximum atomic E-state index is 13.3. The van der Waals surface area contributed by atoms with E-state index in [2.05, 4.69) is 10.3 Å². The molecule has 1 unspecified atom stereocenters. The van der Waals surface area contributed by atoms with Gasteiger partial charge in [-0.2, -0.15) is 26.3 Å². The maximum Gasteiger partial charge on any atom is 0.417 e. The Labute approximate surface area is 178 Å². The number of rotatable bonds is 1. The van der Waals surface area contributed by atoms with Crippen LogP contribution in [0.4, 0.5) is 37.8 Å². The van der Waals surface area contributed by atoms with Crippen LogP contribution in [0.2, 0.25) is 0 Å². The Morgan fingerprint density at radius 3 is 2.34 bits per heavy atom. The van der Waals surface area contributed by atoms with Crippen LogP contribution in [0.3, 0.4) is 0 Å². The first kappa shape index (κ1) is 22.8. The van der Waals surface area contributed by atoms with E-state index >= 15 is 0 Å². The van der Waals surface area contributed by atoms with Crippen molar-refractivity contribution in [2.75, 3.05) is 18.0 Å². The Morgan fingerprint density at radius 1 is 1.03 bits per heavy atom. The summed E-state index contributed by atoms with van der Waals surface area (Å²) in [7, 11) is -4.77. The van der Waals surface area contributed by atoms with Gasteiger partial charge in [-0.05, 0) is 43.7 Å². The summed E-state index contributed by atoms with van der Waals surface area (Å²) >= 11 is 0. The van der Waals surface area contributed by atoms with Gasteiger partial charge in [0.1, 0.15) is 4.90 Å². The van der Waals surface area contributed by atoms with Crippen molar-refractivity contribution in [1.29, 1.82) is 0 Å². The lowest BCUT2D eigenvalue weighted by Gasteiger charge is -2.39. The molecule has 2 atom stereocenters. The number of β-amino-alcohol motifs (C(OH)–C–C–N with tert-alkyl or cyclic N) is 1. The molecule has 4 rings (SSSR count). The molecule has 0 bridgehead atoms. The van der Waals surface area contributed by atoms with Gasteiger partial charge in [-0.25, -0.2) is 13.4 Å². The van der Waals surface area contributed by atoms with Crippen LogP contribution in [0.15, 0.2) is 40.3 Å². The van der Waals surface area contributed by atoms with Crippen molar-refractivity contribution < 1.29 is 39.9 Å². The van der Waals surface area contributed by atoms with Gasteiger partial charge in [0.15, 0.2) is 5.82 Å². The third-order valence-electron chi connectivity index (χ3n) is 5.50. The standard InChI is InChI=1S/C19H17F6N3O3S/c20-18(21,22)10-3-4-13-15(6-10)32(30,31)16-7-11(19(23,24)25)8-27-17(16)28(13)12-2-1-5-26-9-14(12)29/h3-4,6-8,12,14,26,29H,1-2,5,9H2/t12?,14-/m0/s1. The van der Waals surface area contributed by atoms with Gasteiger partial charge >= 0.3 is 12.4 Å². The van der Waals surface area contributed by atoms with Crippen molar-refractivity contribution in [2.24, 2.45) is 0 Å². The van der Waals surface area contributed by atoms with E-state index in [1.807, 2.05) is 0 Å². The molecular formula is C19H17F6N3O3S. The fourth-order valence-corrected chi connectivity index (χ4v) is 5.59. The molecule has 6 nitrogen and oxygen atoms in total. The number of alkyl halides is 6. The highest BCUT2D eigenvalue weighted by atomic mass is 32.2. The molecular weight excluding hydrogens is 464 g/mol. The van der Waals surface area contributed by atoms with Crippen LogP contribution in [0.1, 0.15) is 24.0 Å². The molecule has 3 heterocycles. The van der Waals surface area contributed by atoms with E-state index in [0.29, 0.717) is 43.8 Å². The molecule has 0 radical (unpaired) electrons. The quantitative estimate of drug-likeness (QED) is 0.607. The first-order valence-corrected chi connectivity index (χ1v) is 11.0. The van der Waals surface area contributed by atoms with Crippen molar-refractivity contribution in [1.82, 2.24) is 10.3 Å². The van der Waals surface area contributed by atoms with E-state index in [1.165, 1.54) is 4.90 Å². The average molecular weight is 481 g/mol. The highest BCUT2D eigenvalue weighted by Crippen LogP contribution is 2.48. The molecule has 2 N–H and O–H groups in total. The fraction of sp³-hybridized carbons (Fsp3) is 0.421. The van der Waals surface area contributed by atoms with Crippen LogP contribution >= 0.6 is 0 Å². The van der Waals surface area contributed by atoms with Crippen molar-refractivity contribution >= 4 is 21.3 Å². The lowest BCUT2D eigenvalue weighted by molar-refractivity contribution is -0.138. The van der Waals surface area contributed by atoms with E-state index < -0.39 is 55.3 Å². The molecule has 0 saturated carbocycles. The van der Waals surface area contributed by atoms with Crippen LogP contribution < -0.4 is 10.2 Å². The van der Waals surface area contributed by atoms with Crippen LogP contribution in [-0.4, -0.2) is 43.7 Å². The van der Waals surface area contributed by atoms with Crippen molar-refractivity contribution in [3.8, 4) is 0 Å². The number of hydrogen-bond donors (Lipinski definition) is 2. The van der Waals surface area contributed by atoms with E-state index in [1.54, 1.807) is 0 Å². The Balaban J connectivity index is 2.00. The fourth-order valence-electron chi connectivity index (χ4n) is 3.96. The van der Waals surface area contributed by atoms with E-state index in [-0.39, 0.29) is 18.1 Å². The topological polar surface area (TPSA) is 82.5 Å². The predicted molar refractivity (Wildman–Crippen MR) is 100 cm³/mol. The number of fused-ring (bicyclic) bond motifs is 2. The first-order chi connectivity index (χ1) is 14.8. The van der Waals surface area contributed by atoms with E-state index in [9.17, 15) is 39.9 Å². The number of nitrogens with zero attached hydrogens (tertiary/aromatic N) is 2.